The minimum absolute atomic E-state index is 0.0313. The number of hydrogen-bond acceptors (Lipinski definition) is 3. The van der Waals surface area contributed by atoms with Gasteiger partial charge in [-0.2, -0.15) is 0 Å². The standard InChI is InChI=1S/C16H27NO2.C2H6/c1-8-15(5,6)11-17-10-9-16(7,12-17)13(18)19-14(2,3)4;1-2/h8-10H,1,11-12H2,2-7H3;1-2H3. The van der Waals surface area contributed by atoms with Gasteiger partial charge in [0.2, 0.25) is 0 Å². The van der Waals surface area contributed by atoms with Crippen LogP contribution in [0, 0.1) is 10.8 Å². The number of nitrogens with zero attached hydrogens (tertiary/aromatic N) is 1. The average Bonchev–Trinajstić information content (AvgIpc) is 2.72. The fraction of sp³-hybridized carbons (Fsp3) is 0.722. The number of ether oxygens (including phenoxy) is 1. The number of esters is 1. The summed E-state index contributed by atoms with van der Waals surface area (Å²) >= 11 is 0. The maximum absolute atomic E-state index is 12.2. The van der Waals surface area contributed by atoms with Crippen molar-refractivity contribution < 1.29 is 9.53 Å². The topological polar surface area (TPSA) is 29.5 Å². The zero-order valence-corrected chi connectivity index (χ0v) is 15.1. The molecule has 21 heavy (non-hydrogen) atoms. The maximum Gasteiger partial charge on any atom is 0.318 e. The van der Waals surface area contributed by atoms with Crippen LogP contribution in [-0.4, -0.2) is 29.6 Å². The van der Waals surface area contributed by atoms with Crippen molar-refractivity contribution in [2.75, 3.05) is 13.1 Å². The SMILES string of the molecule is C=CC(C)(C)CN1C=CC(C)(C(=O)OC(C)(C)C)C1.CC. The third kappa shape index (κ3) is 6.36. The van der Waals surface area contributed by atoms with Gasteiger partial charge in [-0.05, 0) is 45.4 Å². The van der Waals surface area contributed by atoms with Crippen LogP contribution in [0.2, 0.25) is 0 Å². The summed E-state index contributed by atoms with van der Waals surface area (Å²) in [5, 5.41) is 0. The molecule has 0 saturated heterocycles. The van der Waals surface area contributed by atoms with E-state index in [1.165, 1.54) is 0 Å². The number of carbonyl (C=O) groups excluding carboxylic acids is 1. The summed E-state index contributed by atoms with van der Waals surface area (Å²) < 4.78 is 5.49. The lowest BCUT2D eigenvalue weighted by atomic mass is 9.90. The van der Waals surface area contributed by atoms with Crippen LogP contribution >= 0.6 is 0 Å². The molecule has 0 aromatic rings. The van der Waals surface area contributed by atoms with E-state index in [9.17, 15) is 4.79 Å². The van der Waals surface area contributed by atoms with Gasteiger partial charge in [-0.15, -0.1) is 6.58 Å². The van der Waals surface area contributed by atoms with Crippen molar-refractivity contribution in [3.05, 3.63) is 24.9 Å². The molecule has 1 rings (SSSR count). The largest absolute Gasteiger partial charge is 0.459 e. The Kier molecular flexibility index (Phi) is 6.72. The molecule has 0 aromatic carbocycles. The third-order valence-electron chi connectivity index (χ3n) is 3.21. The fourth-order valence-corrected chi connectivity index (χ4v) is 2.02. The Morgan fingerprint density at radius 3 is 2.29 bits per heavy atom. The smallest absolute Gasteiger partial charge is 0.318 e. The molecule has 0 fully saturated rings. The number of carbonyl (C=O) groups is 1. The van der Waals surface area contributed by atoms with Crippen LogP contribution in [0.15, 0.2) is 24.9 Å². The summed E-state index contributed by atoms with van der Waals surface area (Å²) in [6.45, 7) is 21.3. The zero-order chi connectivity index (χ0) is 16.9. The molecular weight excluding hydrogens is 262 g/mol. The first-order valence-corrected chi connectivity index (χ1v) is 7.78. The second-order valence-electron chi connectivity index (χ2n) is 7.33. The van der Waals surface area contributed by atoms with Gasteiger partial charge in [-0.3, -0.25) is 4.79 Å². The van der Waals surface area contributed by atoms with Gasteiger partial charge in [0.05, 0.1) is 0 Å². The predicted molar refractivity (Wildman–Crippen MR) is 90.0 cm³/mol. The Hall–Kier alpha value is -1.25. The molecule has 3 heteroatoms. The van der Waals surface area contributed by atoms with Crippen molar-refractivity contribution in [3.63, 3.8) is 0 Å². The molecule has 0 spiro atoms. The van der Waals surface area contributed by atoms with Crippen LogP contribution in [0.5, 0.6) is 0 Å². The van der Waals surface area contributed by atoms with Crippen molar-refractivity contribution in [2.24, 2.45) is 10.8 Å². The normalized spacial score (nSPS) is 21.6. The first kappa shape index (κ1) is 19.8. The van der Waals surface area contributed by atoms with Crippen molar-refractivity contribution in [1.29, 1.82) is 0 Å². The van der Waals surface area contributed by atoms with Gasteiger partial charge in [0.15, 0.2) is 0 Å². The maximum atomic E-state index is 12.2. The van der Waals surface area contributed by atoms with E-state index in [1.54, 1.807) is 0 Å². The van der Waals surface area contributed by atoms with Crippen LogP contribution in [0.4, 0.5) is 0 Å². The van der Waals surface area contributed by atoms with Crippen LogP contribution in [0.3, 0.4) is 0 Å². The van der Waals surface area contributed by atoms with Gasteiger partial charge >= 0.3 is 5.97 Å². The Bertz CT molecular complexity index is 391. The van der Waals surface area contributed by atoms with E-state index >= 15 is 0 Å². The molecule has 1 aliphatic rings. The molecule has 0 radical (unpaired) electrons. The van der Waals surface area contributed by atoms with E-state index in [-0.39, 0.29) is 11.4 Å². The first-order valence-electron chi connectivity index (χ1n) is 7.78. The highest BCUT2D eigenvalue weighted by Gasteiger charge is 2.40. The molecule has 1 unspecified atom stereocenters. The van der Waals surface area contributed by atoms with Crippen LogP contribution < -0.4 is 0 Å². The van der Waals surface area contributed by atoms with Crippen molar-refractivity contribution >= 4 is 5.97 Å². The van der Waals surface area contributed by atoms with Gasteiger partial charge in [0, 0.05) is 13.1 Å². The Morgan fingerprint density at radius 1 is 1.33 bits per heavy atom. The van der Waals surface area contributed by atoms with E-state index in [0.717, 1.165) is 6.54 Å². The minimum Gasteiger partial charge on any atom is -0.459 e. The molecule has 0 saturated carbocycles. The molecule has 0 amide bonds. The second kappa shape index (κ2) is 7.15. The lowest BCUT2D eigenvalue weighted by Crippen LogP contribution is -2.40. The van der Waals surface area contributed by atoms with Crippen molar-refractivity contribution in [2.45, 2.75) is 61.0 Å². The molecule has 1 heterocycles. The van der Waals surface area contributed by atoms with Crippen molar-refractivity contribution in [3.8, 4) is 0 Å². The first-order chi connectivity index (χ1) is 9.47. The van der Waals surface area contributed by atoms with E-state index in [4.69, 9.17) is 4.74 Å². The highest BCUT2D eigenvalue weighted by atomic mass is 16.6. The highest BCUT2D eigenvalue weighted by molar-refractivity contribution is 5.80. The molecule has 122 valence electrons. The van der Waals surface area contributed by atoms with E-state index < -0.39 is 11.0 Å². The summed E-state index contributed by atoms with van der Waals surface area (Å²) in [5.41, 5.74) is -0.963. The molecule has 1 atom stereocenters. The monoisotopic (exact) mass is 295 g/mol. The predicted octanol–water partition coefficient (Wildman–Crippen LogP) is 4.40. The summed E-state index contributed by atoms with van der Waals surface area (Å²) in [4.78, 5) is 14.4. The van der Waals surface area contributed by atoms with Crippen LogP contribution in [0.1, 0.15) is 55.4 Å². The van der Waals surface area contributed by atoms with Crippen LogP contribution in [-0.2, 0) is 9.53 Å². The van der Waals surface area contributed by atoms with Gasteiger partial charge in [-0.1, -0.05) is 33.8 Å². The summed E-state index contributed by atoms with van der Waals surface area (Å²) in [5.74, 6) is -0.157. The molecule has 1 aliphatic heterocycles. The lowest BCUT2D eigenvalue weighted by Gasteiger charge is -2.31. The zero-order valence-electron chi connectivity index (χ0n) is 15.1. The number of hydrogen-bond donors (Lipinski definition) is 0. The quantitative estimate of drug-likeness (QED) is 0.568. The highest BCUT2D eigenvalue weighted by Crippen LogP contribution is 2.32. The fourth-order valence-electron chi connectivity index (χ4n) is 2.02. The molecule has 0 bridgehead atoms. The molecule has 0 aromatic heterocycles. The van der Waals surface area contributed by atoms with Gasteiger partial charge in [-0.25, -0.2) is 0 Å². The lowest BCUT2D eigenvalue weighted by molar-refractivity contribution is -0.163. The Balaban J connectivity index is 0.00000191. The van der Waals surface area contributed by atoms with Crippen LogP contribution in [0.25, 0.3) is 0 Å². The summed E-state index contributed by atoms with van der Waals surface area (Å²) in [6.07, 6.45) is 5.89. The van der Waals surface area contributed by atoms with Gasteiger partial charge in [0.1, 0.15) is 11.0 Å². The van der Waals surface area contributed by atoms with Crippen molar-refractivity contribution in [1.82, 2.24) is 4.90 Å². The van der Waals surface area contributed by atoms with E-state index in [0.29, 0.717) is 6.54 Å². The molecule has 0 aliphatic carbocycles. The average molecular weight is 295 g/mol. The number of rotatable bonds is 4. The second-order valence-corrected chi connectivity index (χ2v) is 7.33. The minimum atomic E-state index is -0.551. The van der Waals surface area contributed by atoms with Gasteiger partial charge < -0.3 is 9.64 Å². The molecule has 0 N–H and O–H groups in total. The Labute approximate surface area is 131 Å². The van der Waals surface area contributed by atoms with Gasteiger partial charge in [0.25, 0.3) is 0 Å². The van der Waals surface area contributed by atoms with E-state index in [2.05, 4.69) is 25.3 Å². The summed E-state index contributed by atoms with van der Waals surface area (Å²) in [7, 11) is 0. The third-order valence-corrected chi connectivity index (χ3v) is 3.21. The molecule has 3 nitrogen and oxygen atoms in total. The molecular formula is C18H33NO2. The summed E-state index contributed by atoms with van der Waals surface area (Å²) in [6, 6.07) is 0. The Morgan fingerprint density at radius 2 is 1.86 bits per heavy atom. The van der Waals surface area contributed by atoms with E-state index in [1.807, 2.05) is 59.9 Å².